The van der Waals surface area contributed by atoms with E-state index in [0.29, 0.717) is 43.1 Å². The third-order valence-corrected chi connectivity index (χ3v) is 16.6. The number of allylic oxidation sites excluding steroid dienone is 1. The van der Waals surface area contributed by atoms with Gasteiger partial charge in [-0.3, -0.25) is 14.5 Å². The van der Waals surface area contributed by atoms with E-state index in [1.54, 1.807) is 0 Å². The standard InChI is InChI=1S/C39H58BrN3O7Si/c1-12-16-18-47-27-22-26(40)31(43(14-3)15-4)24-20-23-21-25-32(42(8)9)34-30(37(41-49-34)48-19-17-13-2)36(46)39(25,50-51(10,11)38(5,6)7)35(45)28(23)33(44)29(24)27/h22-23,25,32,45H,12-21H2,1-11H3/t23-,25-,32-,39-/m0/s1. The number of hydrogen-bond donors (Lipinski definition) is 1. The maximum atomic E-state index is 15.4. The van der Waals surface area contributed by atoms with Crippen LogP contribution in [0.4, 0.5) is 5.69 Å². The SMILES string of the molecule is CCCCOc1cc(Br)c(N(CC)CC)c2c1C(=O)C1=C(O)[C@]3(O[Si](C)(C)C(C)(C)C)C(=O)c4c(OCCCC)noc4[C@@H](N(C)C)[C@@H]3C[C@@H]1C2. The quantitative estimate of drug-likeness (QED) is 0.147. The second-order valence-corrected chi connectivity index (χ2v) is 21.6. The Morgan fingerprint density at radius 3 is 2.24 bits per heavy atom. The van der Waals surface area contributed by atoms with Crippen LogP contribution in [0.15, 0.2) is 26.4 Å². The van der Waals surface area contributed by atoms with Gasteiger partial charge in [-0.2, -0.15) is 0 Å². The van der Waals surface area contributed by atoms with Gasteiger partial charge < -0.3 is 28.4 Å². The van der Waals surface area contributed by atoms with Crippen molar-refractivity contribution in [3.63, 3.8) is 0 Å². The fourth-order valence-electron chi connectivity index (χ4n) is 7.88. The molecular formula is C39H58BrN3O7Si. The van der Waals surface area contributed by atoms with Gasteiger partial charge in [-0.05, 0) is 110 Å². The molecule has 0 saturated heterocycles. The molecule has 3 aliphatic carbocycles. The van der Waals surface area contributed by atoms with E-state index >= 15 is 9.59 Å². The van der Waals surface area contributed by atoms with Crippen molar-refractivity contribution in [2.75, 3.05) is 45.3 Å². The van der Waals surface area contributed by atoms with E-state index in [-0.39, 0.29) is 39.5 Å². The van der Waals surface area contributed by atoms with Crippen molar-refractivity contribution in [3.05, 3.63) is 44.3 Å². The number of aliphatic hydroxyl groups is 1. The summed E-state index contributed by atoms with van der Waals surface area (Å²) in [7, 11) is 1.07. The zero-order valence-corrected chi connectivity index (χ0v) is 35.1. The van der Waals surface area contributed by atoms with Crippen molar-refractivity contribution in [2.45, 2.75) is 117 Å². The van der Waals surface area contributed by atoms with Crippen molar-refractivity contribution >= 4 is 41.5 Å². The Balaban J connectivity index is 1.81. The summed E-state index contributed by atoms with van der Waals surface area (Å²) in [6.07, 6.45) is 4.37. The lowest BCUT2D eigenvalue weighted by Crippen LogP contribution is -2.65. The number of rotatable bonds is 14. The number of fused-ring (bicyclic) bond motifs is 4. The Hall–Kier alpha value is -2.67. The number of Topliss-reactive ketones (excluding diaryl/α,β-unsaturated/α-hetero) is 2. The highest BCUT2D eigenvalue weighted by Gasteiger charge is 2.67. The summed E-state index contributed by atoms with van der Waals surface area (Å²) in [4.78, 5) is 34.8. The van der Waals surface area contributed by atoms with Crippen molar-refractivity contribution < 1.29 is 33.1 Å². The minimum absolute atomic E-state index is 0.104. The van der Waals surface area contributed by atoms with Crippen LogP contribution in [0, 0.1) is 11.8 Å². The lowest BCUT2D eigenvalue weighted by molar-refractivity contribution is -0.0480. The van der Waals surface area contributed by atoms with Crippen LogP contribution in [-0.4, -0.2) is 81.0 Å². The number of aromatic nitrogens is 1. The monoisotopic (exact) mass is 787 g/mol. The van der Waals surface area contributed by atoms with Crippen LogP contribution in [0.5, 0.6) is 11.6 Å². The van der Waals surface area contributed by atoms with E-state index < -0.39 is 31.7 Å². The van der Waals surface area contributed by atoms with E-state index in [4.69, 9.17) is 18.4 Å². The summed E-state index contributed by atoms with van der Waals surface area (Å²) in [6.45, 7) is 21.2. The van der Waals surface area contributed by atoms with Crippen LogP contribution in [0.3, 0.4) is 0 Å². The Kier molecular flexibility index (Phi) is 11.6. The number of aliphatic hydroxyl groups excluding tert-OH is 1. The molecule has 2 aromatic rings. The van der Waals surface area contributed by atoms with Gasteiger partial charge >= 0.3 is 0 Å². The molecule has 0 unspecified atom stereocenters. The molecule has 3 aliphatic rings. The smallest absolute Gasteiger partial charge is 0.265 e. The van der Waals surface area contributed by atoms with Crippen molar-refractivity contribution in [1.82, 2.24) is 10.1 Å². The molecule has 4 atom stereocenters. The zero-order valence-electron chi connectivity index (χ0n) is 32.5. The summed E-state index contributed by atoms with van der Waals surface area (Å²) >= 11 is 3.84. The largest absolute Gasteiger partial charge is 0.508 e. The molecule has 0 aliphatic heterocycles. The Morgan fingerprint density at radius 1 is 1.04 bits per heavy atom. The number of nitrogens with zero attached hydrogens (tertiary/aromatic N) is 3. The molecule has 5 rings (SSSR count). The normalized spacial score (nSPS) is 23.2. The van der Waals surface area contributed by atoms with E-state index in [0.717, 1.165) is 54.5 Å². The number of hydrogen-bond acceptors (Lipinski definition) is 10. The first-order chi connectivity index (χ1) is 24.0. The minimum Gasteiger partial charge on any atom is -0.508 e. The number of benzene rings is 1. The highest BCUT2D eigenvalue weighted by atomic mass is 79.9. The Bertz CT molecular complexity index is 1680. The molecule has 0 fully saturated rings. The molecule has 282 valence electrons. The first kappa shape index (κ1) is 39.5. The van der Waals surface area contributed by atoms with Gasteiger partial charge in [0, 0.05) is 29.1 Å². The summed E-state index contributed by atoms with van der Waals surface area (Å²) in [5.41, 5.74) is 0.902. The topological polar surface area (TPSA) is 115 Å². The molecule has 0 bridgehead atoms. The number of ketones is 2. The van der Waals surface area contributed by atoms with Crippen molar-refractivity contribution in [2.24, 2.45) is 11.8 Å². The lowest BCUT2D eigenvalue weighted by Gasteiger charge is -2.55. The van der Waals surface area contributed by atoms with Crippen LogP contribution in [0.2, 0.25) is 18.1 Å². The second-order valence-electron chi connectivity index (χ2n) is 16.0. The highest BCUT2D eigenvalue weighted by Crippen LogP contribution is 2.60. The van der Waals surface area contributed by atoms with Gasteiger partial charge in [0.2, 0.25) is 5.78 Å². The lowest BCUT2D eigenvalue weighted by atomic mass is 9.58. The highest BCUT2D eigenvalue weighted by molar-refractivity contribution is 9.10. The Labute approximate surface area is 313 Å². The Morgan fingerprint density at radius 2 is 1.67 bits per heavy atom. The fraction of sp³-hybridized carbons (Fsp3) is 0.667. The molecule has 1 heterocycles. The fourth-order valence-corrected chi connectivity index (χ4v) is 10.0. The van der Waals surface area contributed by atoms with Gasteiger partial charge in [0.25, 0.3) is 5.88 Å². The molecule has 1 aromatic heterocycles. The molecule has 51 heavy (non-hydrogen) atoms. The van der Waals surface area contributed by atoms with E-state index in [1.165, 1.54) is 0 Å². The molecule has 1 N–H and O–H groups in total. The first-order valence-electron chi connectivity index (χ1n) is 18.8. The molecule has 0 saturated carbocycles. The molecular weight excluding hydrogens is 730 g/mol. The van der Waals surface area contributed by atoms with Gasteiger partial charge in [-0.15, -0.1) is 0 Å². The van der Waals surface area contributed by atoms with Crippen LogP contribution in [0.25, 0.3) is 0 Å². The van der Waals surface area contributed by atoms with Gasteiger partial charge in [-0.1, -0.05) is 47.5 Å². The summed E-state index contributed by atoms with van der Waals surface area (Å²) < 4.78 is 26.5. The summed E-state index contributed by atoms with van der Waals surface area (Å²) in [5, 5.41) is 16.9. The minimum atomic E-state index is -2.81. The zero-order chi connectivity index (χ0) is 37.6. The number of carbonyl (C=O) groups excluding carboxylic acids is 2. The summed E-state index contributed by atoms with van der Waals surface area (Å²) in [6, 6.07) is 1.40. The van der Waals surface area contributed by atoms with Gasteiger partial charge in [0.05, 0.1) is 30.5 Å². The van der Waals surface area contributed by atoms with Crippen LogP contribution >= 0.6 is 15.9 Å². The van der Waals surface area contributed by atoms with Crippen LogP contribution in [-0.2, 0) is 10.8 Å². The van der Waals surface area contributed by atoms with Crippen molar-refractivity contribution in [3.8, 4) is 11.6 Å². The number of ether oxygens (including phenoxy) is 2. The van der Waals surface area contributed by atoms with Gasteiger partial charge in [0.15, 0.2) is 25.5 Å². The predicted octanol–water partition coefficient (Wildman–Crippen LogP) is 9.09. The molecule has 1 aromatic carbocycles. The average molecular weight is 789 g/mol. The maximum absolute atomic E-state index is 15.4. The van der Waals surface area contributed by atoms with E-state index in [9.17, 15) is 5.11 Å². The van der Waals surface area contributed by atoms with Crippen molar-refractivity contribution in [1.29, 1.82) is 0 Å². The number of unbranched alkanes of at least 4 members (excludes halogenated alkanes) is 2. The second kappa shape index (κ2) is 15.0. The molecule has 0 amide bonds. The van der Waals surface area contributed by atoms with E-state index in [1.807, 2.05) is 25.1 Å². The third kappa shape index (κ3) is 6.61. The molecule has 10 nitrogen and oxygen atoms in total. The van der Waals surface area contributed by atoms with Crippen LogP contribution in [0.1, 0.15) is 119 Å². The average Bonchev–Trinajstić information content (AvgIpc) is 3.46. The maximum Gasteiger partial charge on any atom is 0.265 e. The summed E-state index contributed by atoms with van der Waals surface area (Å²) in [5.74, 6) is -1.02. The first-order valence-corrected chi connectivity index (χ1v) is 22.5. The molecule has 0 spiro atoms. The molecule has 12 heteroatoms. The number of carbonyl (C=O) groups is 2. The predicted molar refractivity (Wildman–Crippen MR) is 206 cm³/mol. The third-order valence-electron chi connectivity index (χ3n) is 11.6. The van der Waals surface area contributed by atoms with Crippen LogP contribution < -0.4 is 14.4 Å². The van der Waals surface area contributed by atoms with E-state index in [2.05, 4.69) is 87.5 Å². The number of anilines is 1. The molecule has 0 radical (unpaired) electrons. The van der Waals surface area contributed by atoms with Gasteiger partial charge in [-0.25, -0.2) is 0 Å². The van der Waals surface area contributed by atoms with Gasteiger partial charge in [0.1, 0.15) is 17.1 Å². The number of halogens is 1.